The summed E-state index contributed by atoms with van der Waals surface area (Å²) in [6.45, 7) is 2.48. The van der Waals surface area contributed by atoms with E-state index < -0.39 is 27.7 Å². The van der Waals surface area contributed by atoms with Crippen LogP contribution in [0.2, 0.25) is 0 Å². The van der Waals surface area contributed by atoms with E-state index in [0.29, 0.717) is 45.4 Å². The molecule has 0 bridgehead atoms. The third-order valence-corrected chi connectivity index (χ3v) is 6.70. The Morgan fingerprint density at radius 3 is 2.56 bits per heavy atom. The van der Waals surface area contributed by atoms with E-state index in [9.17, 15) is 22.8 Å². The predicted octanol–water partition coefficient (Wildman–Crippen LogP) is -1.31. The third-order valence-electron chi connectivity index (χ3n) is 4.95. The Morgan fingerprint density at radius 2 is 2.00 bits per heavy atom. The molecule has 0 spiro atoms. The molecule has 1 unspecified atom stereocenters. The lowest BCUT2D eigenvalue weighted by atomic mass is 10.2. The molecule has 2 aliphatic heterocycles. The van der Waals surface area contributed by atoms with Crippen molar-refractivity contribution in [1.82, 2.24) is 20.0 Å². The number of carbonyl (C=O) groups is 3. The van der Waals surface area contributed by atoms with Gasteiger partial charge in [-0.25, -0.2) is 8.42 Å². The van der Waals surface area contributed by atoms with Gasteiger partial charge in [-0.15, -0.1) is 0 Å². The first-order valence-electron chi connectivity index (χ1n) is 9.41. The first-order chi connectivity index (χ1) is 12.7. The molecule has 2 rings (SSSR count). The van der Waals surface area contributed by atoms with Crippen LogP contribution < -0.4 is 5.32 Å². The van der Waals surface area contributed by atoms with E-state index in [-0.39, 0.29) is 17.4 Å². The van der Waals surface area contributed by atoms with Gasteiger partial charge < -0.3 is 20.0 Å². The van der Waals surface area contributed by atoms with Gasteiger partial charge in [0.1, 0.15) is 0 Å². The number of nitrogens with zero attached hydrogens (tertiary/aromatic N) is 3. The van der Waals surface area contributed by atoms with Gasteiger partial charge in [0.15, 0.2) is 9.84 Å². The topological polar surface area (TPSA) is 107 Å². The van der Waals surface area contributed by atoms with Gasteiger partial charge in [0.25, 0.3) is 0 Å². The molecule has 1 atom stereocenters. The lowest BCUT2D eigenvalue weighted by molar-refractivity contribution is -0.147. The molecular formula is C17H30N4O5S. The van der Waals surface area contributed by atoms with Gasteiger partial charge in [-0.2, -0.15) is 0 Å². The summed E-state index contributed by atoms with van der Waals surface area (Å²) in [4.78, 5) is 41.4. The first-order valence-corrected chi connectivity index (χ1v) is 11.2. The maximum atomic E-state index is 12.6. The van der Waals surface area contributed by atoms with Gasteiger partial charge in [-0.05, 0) is 33.4 Å². The number of amides is 3. The van der Waals surface area contributed by atoms with Crippen LogP contribution in [0.3, 0.4) is 0 Å². The van der Waals surface area contributed by atoms with E-state index in [1.165, 1.54) is 4.90 Å². The zero-order valence-corrected chi connectivity index (χ0v) is 17.0. The van der Waals surface area contributed by atoms with Crippen LogP contribution in [0.25, 0.3) is 0 Å². The van der Waals surface area contributed by atoms with E-state index in [1.54, 1.807) is 4.90 Å². The summed E-state index contributed by atoms with van der Waals surface area (Å²) < 4.78 is 23.5. The quantitative estimate of drug-likeness (QED) is 0.399. The van der Waals surface area contributed by atoms with Crippen LogP contribution >= 0.6 is 0 Å². The Hall–Kier alpha value is -1.68. The van der Waals surface area contributed by atoms with E-state index in [1.807, 2.05) is 19.0 Å². The van der Waals surface area contributed by atoms with Crippen LogP contribution in [0.1, 0.15) is 25.7 Å². The van der Waals surface area contributed by atoms with Gasteiger partial charge >= 0.3 is 11.8 Å². The highest BCUT2D eigenvalue weighted by Gasteiger charge is 2.36. The number of carbonyl (C=O) groups excluding carboxylic acids is 3. The minimum absolute atomic E-state index is 0.0505. The van der Waals surface area contributed by atoms with Crippen LogP contribution in [0.5, 0.6) is 0 Å². The summed E-state index contributed by atoms with van der Waals surface area (Å²) in [5.74, 6) is -1.30. The fraction of sp³-hybridized carbons (Fsp3) is 0.824. The summed E-state index contributed by atoms with van der Waals surface area (Å²) in [6, 6.07) is -0.449. The molecule has 2 saturated heterocycles. The van der Waals surface area contributed by atoms with Gasteiger partial charge in [0.05, 0.1) is 11.5 Å². The van der Waals surface area contributed by atoms with Crippen molar-refractivity contribution >= 4 is 27.6 Å². The highest BCUT2D eigenvalue weighted by atomic mass is 32.2. The minimum Gasteiger partial charge on any atom is -0.348 e. The molecule has 1 N–H and O–H groups in total. The molecule has 0 aromatic carbocycles. The number of sulfone groups is 1. The number of likely N-dealkylation sites (N-methyl/N-ethyl adjacent to an activating group) is 1. The molecule has 27 heavy (non-hydrogen) atoms. The van der Waals surface area contributed by atoms with Crippen molar-refractivity contribution in [3.8, 4) is 0 Å². The molecule has 154 valence electrons. The number of rotatable bonds is 8. The molecule has 0 aromatic rings. The highest BCUT2D eigenvalue weighted by molar-refractivity contribution is 7.91. The van der Waals surface area contributed by atoms with Crippen LogP contribution in [0.15, 0.2) is 0 Å². The van der Waals surface area contributed by atoms with Crippen molar-refractivity contribution in [3.05, 3.63) is 0 Å². The molecule has 10 heteroatoms. The fourth-order valence-corrected chi connectivity index (χ4v) is 5.13. The lowest BCUT2D eigenvalue weighted by Crippen LogP contribution is -2.50. The highest BCUT2D eigenvalue weighted by Crippen LogP contribution is 2.18. The summed E-state index contributed by atoms with van der Waals surface area (Å²) in [6.07, 6.45) is 2.40. The second-order valence-corrected chi connectivity index (χ2v) is 9.68. The summed E-state index contributed by atoms with van der Waals surface area (Å²) in [5, 5.41) is 2.60. The number of likely N-dealkylation sites (tertiary alicyclic amines) is 1. The maximum Gasteiger partial charge on any atom is 0.312 e. The van der Waals surface area contributed by atoms with Gasteiger partial charge in [0, 0.05) is 45.2 Å². The van der Waals surface area contributed by atoms with Gasteiger partial charge in [0.2, 0.25) is 5.91 Å². The zero-order valence-electron chi connectivity index (χ0n) is 16.1. The molecular weight excluding hydrogens is 372 g/mol. The van der Waals surface area contributed by atoms with E-state index >= 15 is 0 Å². The normalized spacial score (nSPS) is 21.7. The monoisotopic (exact) mass is 402 g/mol. The molecule has 9 nitrogen and oxygen atoms in total. The lowest BCUT2D eigenvalue weighted by Gasteiger charge is -2.29. The number of hydrogen-bond acceptors (Lipinski definition) is 6. The standard InChI is InChI=1S/C17H30N4O5S/c1-19(2)10-11-21(14-6-12-27(25,26)13-14)17(24)16(23)18-7-4-9-20-8-3-5-15(20)22/h14H,3-13H2,1-2H3,(H,18,23). The fourth-order valence-electron chi connectivity index (χ4n) is 3.40. The zero-order chi connectivity index (χ0) is 20.0. The number of hydrogen-bond donors (Lipinski definition) is 1. The molecule has 0 radical (unpaired) electrons. The molecule has 0 aromatic heterocycles. The van der Waals surface area contributed by atoms with Crippen molar-refractivity contribution < 1.29 is 22.8 Å². The van der Waals surface area contributed by atoms with Crippen LogP contribution in [0.4, 0.5) is 0 Å². The Labute approximate surface area is 161 Å². The van der Waals surface area contributed by atoms with Crippen molar-refractivity contribution in [2.45, 2.75) is 31.7 Å². The SMILES string of the molecule is CN(C)CCN(C(=O)C(=O)NCCCN1CCCC1=O)C1CCS(=O)(=O)C1. The smallest absolute Gasteiger partial charge is 0.312 e. The second kappa shape index (κ2) is 9.50. The molecule has 2 fully saturated rings. The van der Waals surface area contributed by atoms with Crippen molar-refractivity contribution in [2.75, 3.05) is 58.3 Å². The van der Waals surface area contributed by atoms with Gasteiger partial charge in [-0.3, -0.25) is 14.4 Å². The third kappa shape index (κ3) is 6.46. The van der Waals surface area contributed by atoms with Crippen LogP contribution in [0, 0.1) is 0 Å². The largest absolute Gasteiger partial charge is 0.348 e. The van der Waals surface area contributed by atoms with E-state index in [4.69, 9.17) is 0 Å². The molecule has 2 heterocycles. The summed E-state index contributed by atoms with van der Waals surface area (Å²) in [5.41, 5.74) is 0. The first kappa shape index (κ1) is 21.6. The van der Waals surface area contributed by atoms with E-state index in [0.717, 1.165) is 13.0 Å². The molecule has 0 saturated carbocycles. The average Bonchev–Trinajstić information content (AvgIpc) is 3.16. The second-order valence-electron chi connectivity index (χ2n) is 7.45. The van der Waals surface area contributed by atoms with Crippen molar-refractivity contribution in [1.29, 1.82) is 0 Å². The summed E-state index contributed by atoms with van der Waals surface area (Å²) in [7, 11) is 0.559. The Balaban J connectivity index is 1.85. The molecule has 2 aliphatic rings. The average molecular weight is 403 g/mol. The van der Waals surface area contributed by atoms with Crippen LogP contribution in [-0.2, 0) is 24.2 Å². The minimum atomic E-state index is -3.15. The van der Waals surface area contributed by atoms with Crippen molar-refractivity contribution in [2.24, 2.45) is 0 Å². The molecule has 3 amide bonds. The van der Waals surface area contributed by atoms with Crippen molar-refractivity contribution in [3.63, 3.8) is 0 Å². The predicted molar refractivity (Wildman–Crippen MR) is 101 cm³/mol. The van der Waals surface area contributed by atoms with Gasteiger partial charge in [-0.1, -0.05) is 0 Å². The molecule has 0 aliphatic carbocycles. The Bertz CT molecular complexity index is 664. The number of nitrogens with one attached hydrogen (secondary N) is 1. The maximum absolute atomic E-state index is 12.6. The summed E-state index contributed by atoms with van der Waals surface area (Å²) >= 11 is 0. The Kier molecular flexibility index (Phi) is 7.60. The van der Waals surface area contributed by atoms with Crippen LogP contribution in [-0.4, -0.2) is 105 Å². The Morgan fingerprint density at radius 1 is 1.26 bits per heavy atom. The van der Waals surface area contributed by atoms with E-state index in [2.05, 4.69) is 5.32 Å².